The number of ether oxygens (including phenoxy) is 1. The Kier molecular flexibility index (Phi) is 5.24. The van der Waals surface area contributed by atoms with Gasteiger partial charge in [0.05, 0.1) is 0 Å². The van der Waals surface area contributed by atoms with Gasteiger partial charge in [-0.05, 0) is 55.2 Å². The molecule has 2 aromatic rings. The molecule has 3 nitrogen and oxygen atoms in total. The Bertz CT molecular complexity index is 715. The molecular weight excluding hydrogens is 322 g/mol. The zero-order valence-electron chi connectivity index (χ0n) is 14.8. The van der Waals surface area contributed by atoms with Crippen LogP contribution in [0.1, 0.15) is 40.2 Å². The van der Waals surface area contributed by atoms with E-state index >= 15 is 0 Å². The Morgan fingerprint density at radius 3 is 2.12 bits per heavy atom. The molecule has 0 atom stereocenters. The Morgan fingerprint density at radius 2 is 1.54 bits per heavy atom. The molecule has 128 valence electrons. The first-order chi connectivity index (χ1) is 11.1. The summed E-state index contributed by atoms with van der Waals surface area (Å²) in [7, 11) is 0. The van der Waals surface area contributed by atoms with Gasteiger partial charge in [-0.15, -0.1) is 0 Å². The summed E-state index contributed by atoms with van der Waals surface area (Å²) in [6.07, 6.45) is 0. The number of carbonyl (C=O) groups excluding carboxylic acids is 1. The lowest BCUT2D eigenvalue weighted by molar-refractivity contribution is -0.128. The molecule has 0 saturated carbocycles. The zero-order chi connectivity index (χ0) is 18.0. The minimum absolute atomic E-state index is 0.0644. The highest BCUT2D eigenvalue weighted by atomic mass is 35.5. The minimum atomic E-state index is -1.02. The third-order valence-corrected chi connectivity index (χ3v) is 3.97. The van der Waals surface area contributed by atoms with Gasteiger partial charge in [-0.1, -0.05) is 50.6 Å². The van der Waals surface area contributed by atoms with Crippen LogP contribution in [0.2, 0.25) is 5.02 Å². The van der Waals surface area contributed by atoms with Crippen LogP contribution >= 0.6 is 11.6 Å². The van der Waals surface area contributed by atoms with Gasteiger partial charge in [0.15, 0.2) is 5.60 Å². The van der Waals surface area contributed by atoms with Gasteiger partial charge in [0.1, 0.15) is 5.75 Å². The molecule has 0 saturated heterocycles. The van der Waals surface area contributed by atoms with Gasteiger partial charge in [0.25, 0.3) is 5.91 Å². The average molecular weight is 346 g/mol. The van der Waals surface area contributed by atoms with Crippen LogP contribution in [0.15, 0.2) is 48.5 Å². The standard InChI is InChI=1S/C20H24ClNO2/c1-19(2,3)16-8-6-7-9-17(16)22-18(23)20(4,5)24-15-12-10-14(21)11-13-15/h6-13H,1-5H3,(H,22,23). The van der Waals surface area contributed by atoms with Crippen molar-refractivity contribution in [3.05, 3.63) is 59.1 Å². The number of hydrogen-bond donors (Lipinski definition) is 1. The lowest BCUT2D eigenvalue weighted by Crippen LogP contribution is -2.42. The Labute approximate surface area is 149 Å². The molecule has 0 radical (unpaired) electrons. The summed E-state index contributed by atoms with van der Waals surface area (Å²) in [4.78, 5) is 12.7. The smallest absolute Gasteiger partial charge is 0.267 e. The number of nitrogens with one attached hydrogen (secondary N) is 1. The van der Waals surface area contributed by atoms with Gasteiger partial charge in [0, 0.05) is 10.7 Å². The molecule has 0 bridgehead atoms. The maximum absolute atomic E-state index is 12.7. The summed E-state index contributed by atoms with van der Waals surface area (Å²) in [6.45, 7) is 9.85. The third-order valence-electron chi connectivity index (χ3n) is 3.72. The second-order valence-electron chi connectivity index (χ2n) is 7.32. The first-order valence-corrected chi connectivity index (χ1v) is 8.33. The number of halogens is 1. The van der Waals surface area contributed by atoms with E-state index in [1.807, 2.05) is 24.3 Å². The van der Waals surface area contributed by atoms with Gasteiger partial charge < -0.3 is 10.1 Å². The molecule has 24 heavy (non-hydrogen) atoms. The van der Waals surface area contributed by atoms with Crippen molar-refractivity contribution in [3.63, 3.8) is 0 Å². The fourth-order valence-electron chi connectivity index (χ4n) is 2.36. The number of para-hydroxylation sites is 1. The third kappa shape index (κ3) is 4.51. The monoisotopic (exact) mass is 345 g/mol. The fourth-order valence-corrected chi connectivity index (χ4v) is 2.49. The van der Waals surface area contributed by atoms with Crippen LogP contribution in [0.3, 0.4) is 0 Å². The van der Waals surface area contributed by atoms with E-state index in [4.69, 9.17) is 16.3 Å². The first-order valence-electron chi connectivity index (χ1n) is 7.95. The summed E-state index contributed by atoms with van der Waals surface area (Å²) >= 11 is 5.88. The van der Waals surface area contributed by atoms with Gasteiger partial charge in [-0.25, -0.2) is 0 Å². The van der Waals surface area contributed by atoms with E-state index < -0.39 is 5.60 Å². The highest BCUT2D eigenvalue weighted by Crippen LogP contribution is 2.30. The minimum Gasteiger partial charge on any atom is -0.478 e. The SMILES string of the molecule is CC(C)(Oc1ccc(Cl)cc1)C(=O)Nc1ccccc1C(C)(C)C. The van der Waals surface area contributed by atoms with Gasteiger partial charge in [-0.3, -0.25) is 4.79 Å². The van der Waals surface area contributed by atoms with Crippen molar-refractivity contribution in [2.45, 2.75) is 45.6 Å². The maximum atomic E-state index is 12.7. The molecule has 0 aromatic heterocycles. The number of anilines is 1. The number of rotatable bonds is 4. The average Bonchev–Trinajstić information content (AvgIpc) is 2.49. The molecule has 2 aromatic carbocycles. The van der Waals surface area contributed by atoms with E-state index in [9.17, 15) is 4.79 Å². The molecule has 1 amide bonds. The summed E-state index contributed by atoms with van der Waals surface area (Å²) in [6, 6.07) is 14.8. The van der Waals surface area contributed by atoms with Crippen LogP contribution in [0, 0.1) is 0 Å². The lowest BCUT2D eigenvalue weighted by atomic mass is 9.85. The van der Waals surface area contributed by atoms with Crippen molar-refractivity contribution in [2.24, 2.45) is 0 Å². The molecule has 1 N–H and O–H groups in total. The van der Waals surface area contributed by atoms with Gasteiger partial charge in [0.2, 0.25) is 0 Å². The largest absolute Gasteiger partial charge is 0.478 e. The highest BCUT2D eigenvalue weighted by molar-refractivity contribution is 6.30. The number of hydrogen-bond acceptors (Lipinski definition) is 2. The van der Waals surface area contributed by atoms with Crippen molar-refractivity contribution in [1.82, 2.24) is 0 Å². The molecular formula is C20H24ClNO2. The molecule has 2 rings (SSSR count). The predicted molar refractivity (Wildman–Crippen MR) is 99.9 cm³/mol. The van der Waals surface area contributed by atoms with Crippen molar-refractivity contribution in [2.75, 3.05) is 5.32 Å². The summed E-state index contributed by atoms with van der Waals surface area (Å²) < 4.78 is 5.85. The summed E-state index contributed by atoms with van der Waals surface area (Å²) in [5.74, 6) is 0.401. The molecule has 0 aliphatic rings. The van der Waals surface area contributed by atoms with E-state index in [0.717, 1.165) is 11.3 Å². The summed E-state index contributed by atoms with van der Waals surface area (Å²) in [5, 5.41) is 3.63. The maximum Gasteiger partial charge on any atom is 0.267 e. The normalized spacial score (nSPS) is 11.9. The second-order valence-corrected chi connectivity index (χ2v) is 7.75. The Balaban J connectivity index is 2.18. The molecule has 0 unspecified atom stereocenters. The van der Waals surface area contributed by atoms with Crippen molar-refractivity contribution < 1.29 is 9.53 Å². The molecule has 0 aliphatic carbocycles. The van der Waals surface area contributed by atoms with Crippen LogP contribution in [-0.4, -0.2) is 11.5 Å². The first kappa shape index (κ1) is 18.3. The number of amides is 1. The van der Waals surface area contributed by atoms with Crippen molar-refractivity contribution in [1.29, 1.82) is 0 Å². The van der Waals surface area contributed by atoms with Crippen molar-refractivity contribution >= 4 is 23.2 Å². The number of benzene rings is 2. The zero-order valence-corrected chi connectivity index (χ0v) is 15.6. The fraction of sp³-hybridized carbons (Fsp3) is 0.350. The van der Waals surface area contributed by atoms with Crippen LogP contribution < -0.4 is 10.1 Å². The topological polar surface area (TPSA) is 38.3 Å². The van der Waals surface area contributed by atoms with Crippen LogP contribution in [0.25, 0.3) is 0 Å². The highest BCUT2D eigenvalue weighted by Gasteiger charge is 2.31. The molecule has 0 aliphatic heterocycles. The van der Waals surface area contributed by atoms with Crippen LogP contribution in [-0.2, 0) is 10.2 Å². The van der Waals surface area contributed by atoms with Crippen LogP contribution in [0.5, 0.6) is 5.75 Å². The van der Waals surface area contributed by atoms with Crippen molar-refractivity contribution in [3.8, 4) is 5.75 Å². The van der Waals surface area contributed by atoms with E-state index in [1.54, 1.807) is 38.1 Å². The second kappa shape index (κ2) is 6.86. The Morgan fingerprint density at radius 1 is 0.958 bits per heavy atom. The number of carbonyl (C=O) groups is 1. The van der Waals surface area contributed by atoms with E-state index in [-0.39, 0.29) is 11.3 Å². The molecule has 0 fully saturated rings. The van der Waals surface area contributed by atoms with E-state index in [2.05, 4.69) is 26.1 Å². The van der Waals surface area contributed by atoms with E-state index in [1.165, 1.54) is 0 Å². The Hall–Kier alpha value is -2.00. The van der Waals surface area contributed by atoms with Gasteiger partial charge in [-0.2, -0.15) is 0 Å². The molecule has 0 heterocycles. The summed E-state index contributed by atoms with van der Waals surface area (Å²) in [5.41, 5.74) is 0.813. The van der Waals surface area contributed by atoms with Gasteiger partial charge >= 0.3 is 0 Å². The molecule has 0 spiro atoms. The predicted octanol–water partition coefficient (Wildman–Crippen LogP) is 5.43. The quantitative estimate of drug-likeness (QED) is 0.801. The van der Waals surface area contributed by atoms with Crippen LogP contribution in [0.4, 0.5) is 5.69 Å². The molecule has 4 heteroatoms. The lowest BCUT2D eigenvalue weighted by Gasteiger charge is -2.28. The van der Waals surface area contributed by atoms with E-state index in [0.29, 0.717) is 10.8 Å².